The van der Waals surface area contributed by atoms with Crippen molar-refractivity contribution in [2.45, 2.75) is 39.7 Å². The second kappa shape index (κ2) is 7.47. The SMILES string of the molecule is CCOC(=O)C1=C(c2ccccn2)CCN(C(=O)OC(C)(C)C)C1. The predicted molar refractivity (Wildman–Crippen MR) is 90.2 cm³/mol. The molecule has 6 nitrogen and oxygen atoms in total. The number of carbonyl (C=O) groups excluding carboxylic acids is 2. The van der Waals surface area contributed by atoms with Crippen molar-refractivity contribution in [2.75, 3.05) is 19.7 Å². The molecule has 2 rings (SSSR count). The molecule has 1 aliphatic rings. The van der Waals surface area contributed by atoms with Gasteiger partial charge in [-0.3, -0.25) is 4.98 Å². The van der Waals surface area contributed by atoms with Gasteiger partial charge in [0.25, 0.3) is 0 Å². The van der Waals surface area contributed by atoms with Gasteiger partial charge in [0.2, 0.25) is 0 Å². The summed E-state index contributed by atoms with van der Waals surface area (Å²) in [5.41, 5.74) is 1.46. The van der Waals surface area contributed by atoms with Crippen LogP contribution in [0.1, 0.15) is 39.8 Å². The van der Waals surface area contributed by atoms with Crippen molar-refractivity contribution in [2.24, 2.45) is 0 Å². The van der Waals surface area contributed by atoms with E-state index in [4.69, 9.17) is 9.47 Å². The lowest BCUT2D eigenvalue weighted by Gasteiger charge is -2.31. The summed E-state index contributed by atoms with van der Waals surface area (Å²) in [5.74, 6) is -0.411. The highest BCUT2D eigenvalue weighted by Crippen LogP contribution is 2.28. The van der Waals surface area contributed by atoms with E-state index in [0.29, 0.717) is 18.5 Å². The summed E-state index contributed by atoms with van der Waals surface area (Å²) < 4.78 is 10.6. The maximum absolute atomic E-state index is 12.3. The van der Waals surface area contributed by atoms with E-state index in [0.717, 1.165) is 11.3 Å². The van der Waals surface area contributed by atoms with Crippen LogP contribution in [-0.4, -0.2) is 47.2 Å². The Morgan fingerprint density at radius 3 is 2.62 bits per heavy atom. The summed E-state index contributed by atoms with van der Waals surface area (Å²) in [6.07, 6.45) is 1.79. The average Bonchev–Trinajstić information content (AvgIpc) is 2.54. The zero-order valence-corrected chi connectivity index (χ0v) is 14.7. The van der Waals surface area contributed by atoms with E-state index < -0.39 is 17.7 Å². The first-order valence-corrected chi connectivity index (χ1v) is 8.10. The Morgan fingerprint density at radius 1 is 1.29 bits per heavy atom. The molecule has 0 unspecified atom stereocenters. The molecule has 0 spiro atoms. The van der Waals surface area contributed by atoms with E-state index in [-0.39, 0.29) is 13.2 Å². The third-order valence-corrected chi connectivity index (χ3v) is 3.49. The Kier molecular flexibility index (Phi) is 5.59. The molecular formula is C18H24N2O4. The number of esters is 1. The van der Waals surface area contributed by atoms with Crippen LogP contribution in [0.4, 0.5) is 4.79 Å². The first kappa shape index (κ1) is 18.0. The standard InChI is InChI=1S/C18H24N2O4/c1-5-23-16(21)14-12-20(17(22)24-18(2,3)4)11-9-13(14)15-8-6-7-10-19-15/h6-8,10H,5,9,11-12H2,1-4H3. The molecule has 0 fully saturated rings. The van der Waals surface area contributed by atoms with Gasteiger partial charge in [0.15, 0.2) is 0 Å². The minimum Gasteiger partial charge on any atom is -0.463 e. The summed E-state index contributed by atoms with van der Waals surface area (Å²) in [6, 6.07) is 5.56. The predicted octanol–water partition coefficient (Wildman–Crippen LogP) is 3.04. The van der Waals surface area contributed by atoms with Gasteiger partial charge in [-0.15, -0.1) is 0 Å². The normalized spacial score (nSPS) is 15.2. The Bertz CT molecular complexity index is 632. The number of nitrogens with zero attached hydrogens (tertiary/aromatic N) is 2. The number of aromatic nitrogens is 1. The fourth-order valence-electron chi connectivity index (χ4n) is 2.48. The van der Waals surface area contributed by atoms with Gasteiger partial charge in [-0.1, -0.05) is 6.07 Å². The van der Waals surface area contributed by atoms with Crippen molar-refractivity contribution in [3.8, 4) is 0 Å². The minimum absolute atomic E-state index is 0.166. The molecule has 0 saturated carbocycles. The highest BCUT2D eigenvalue weighted by Gasteiger charge is 2.31. The third kappa shape index (κ3) is 4.57. The Morgan fingerprint density at radius 2 is 2.04 bits per heavy atom. The van der Waals surface area contributed by atoms with Crippen LogP contribution in [0.15, 0.2) is 30.0 Å². The summed E-state index contributed by atoms with van der Waals surface area (Å²) in [6.45, 7) is 8.13. The number of carbonyl (C=O) groups is 2. The van der Waals surface area contributed by atoms with Crippen molar-refractivity contribution < 1.29 is 19.1 Å². The number of hydrogen-bond donors (Lipinski definition) is 0. The van der Waals surface area contributed by atoms with Crippen LogP contribution in [0.3, 0.4) is 0 Å². The van der Waals surface area contributed by atoms with E-state index in [1.165, 1.54) is 4.90 Å². The average molecular weight is 332 g/mol. The molecule has 0 N–H and O–H groups in total. The number of rotatable bonds is 3. The Balaban J connectivity index is 2.28. The smallest absolute Gasteiger partial charge is 0.410 e. The van der Waals surface area contributed by atoms with Gasteiger partial charge >= 0.3 is 12.1 Å². The zero-order valence-electron chi connectivity index (χ0n) is 14.7. The van der Waals surface area contributed by atoms with Crippen LogP contribution >= 0.6 is 0 Å². The zero-order chi connectivity index (χ0) is 17.7. The van der Waals surface area contributed by atoms with Gasteiger partial charge < -0.3 is 14.4 Å². The van der Waals surface area contributed by atoms with Crippen LogP contribution in [0, 0.1) is 0 Å². The van der Waals surface area contributed by atoms with E-state index in [1.54, 1.807) is 13.1 Å². The van der Waals surface area contributed by atoms with Crippen molar-refractivity contribution in [3.05, 3.63) is 35.7 Å². The minimum atomic E-state index is -0.577. The number of pyridine rings is 1. The molecule has 1 amide bonds. The Hall–Kier alpha value is -2.37. The third-order valence-electron chi connectivity index (χ3n) is 3.49. The molecule has 24 heavy (non-hydrogen) atoms. The van der Waals surface area contributed by atoms with Crippen LogP contribution in [0.25, 0.3) is 5.57 Å². The monoisotopic (exact) mass is 332 g/mol. The highest BCUT2D eigenvalue weighted by molar-refractivity contribution is 5.98. The topological polar surface area (TPSA) is 68.7 Å². The molecule has 1 aliphatic heterocycles. The molecular weight excluding hydrogens is 308 g/mol. The molecule has 0 aromatic carbocycles. The van der Waals surface area contributed by atoms with Crippen LogP contribution in [-0.2, 0) is 14.3 Å². The molecule has 1 aromatic heterocycles. The maximum Gasteiger partial charge on any atom is 0.410 e. The van der Waals surface area contributed by atoms with Gasteiger partial charge in [-0.2, -0.15) is 0 Å². The number of ether oxygens (including phenoxy) is 2. The number of amides is 1. The molecule has 1 aromatic rings. The second-order valence-electron chi connectivity index (χ2n) is 6.54. The summed E-state index contributed by atoms with van der Waals surface area (Å²) >= 11 is 0. The van der Waals surface area contributed by atoms with Crippen molar-refractivity contribution in [3.63, 3.8) is 0 Å². The molecule has 130 valence electrons. The van der Waals surface area contributed by atoms with E-state index in [9.17, 15) is 9.59 Å². The molecule has 0 atom stereocenters. The quantitative estimate of drug-likeness (QED) is 0.796. The lowest BCUT2D eigenvalue weighted by molar-refractivity contribution is -0.138. The fourth-order valence-corrected chi connectivity index (χ4v) is 2.48. The number of hydrogen-bond acceptors (Lipinski definition) is 5. The second-order valence-corrected chi connectivity index (χ2v) is 6.54. The fraction of sp³-hybridized carbons (Fsp3) is 0.500. The Labute approximate surface area is 142 Å². The van der Waals surface area contributed by atoms with Crippen LogP contribution < -0.4 is 0 Å². The lowest BCUT2D eigenvalue weighted by Crippen LogP contribution is -2.42. The van der Waals surface area contributed by atoms with Gasteiger partial charge in [0.1, 0.15) is 5.60 Å². The van der Waals surface area contributed by atoms with Crippen LogP contribution in [0.5, 0.6) is 0 Å². The van der Waals surface area contributed by atoms with Gasteiger partial charge in [-0.05, 0) is 51.8 Å². The summed E-state index contributed by atoms with van der Waals surface area (Å²) in [4.78, 5) is 30.5. The molecule has 0 saturated heterocycles. The lowest BCUT2D eigenvalue weighted by atomic mass is 9.97. The maximum atomic E-state index is 12.3. The van der Waals surface area contributed by atoms with Gasteiger partial charge in [-0.25, -0.2) is 9.59 Å². The first-order valence-electron chi connectivity index (χ1n) is 8.10. The van der Waals surface area contributed by atoms with Crippen molar-refractivity contribution in [1.29, 1.82) is 0 Å². The highest BCUT2D eigenvalue weighted by atomic mass is 16.6. The van der Waals surface area contributed by atoms with E-state index in [2.05, 4.69) is 4.98 Å². The largest absolute Gasteiger partial charge is 0.463 e. The first-order chi connectivity index (χ1) is 11.3. The van der Waals surface area contributed by atoms with Crippen LogP contribution in [0.2, 0.25) is 0 Å². The molecule has 0 radical (unpaired) electrons. The molecule has 0 bridgehead atoms. The van der Waals surface area contributed by atoms with Gasteiger partial charge in [0.05, 0.1) is 24.4 Å². The van der Waals surface area contributed by atoms with Crippen molar-refractivity contribution in [1.82, 2.24) is 9.88 Å². The van der Waals surface area contributed by atoms with Gasteiger partial charge in [0, 0.05) is 12.7 Å². The summed E-state index contributed by atoms with van der Waals surface area (Å²) in [7, 11) is 0. The summed E-state index contributed by atoms with van der Waals surface area (Å²) in [5, 5.41) is 0. The van der Waals surface area contributed by atoms with Crippen molar-refractivity contribution >= 4 is 17.6 Å². The van der Waals surface area contributed by atoms with E-state index in [1.807, 2.05) is 39.0 Å². The molecule has 2 heterocycles. The molecule has 0 aliphatic carbocycles. The molecule has 6 heteroatoms. The van der Waals surface area contributed by atoms with E-state index >= 15 is 0 Å².